The highest BCUT2D eigenvalue weighted by Gasteiger charge is 2.17. The van der Waals surface area contributed by atoms with E-state index < -0.39 is 7.12 Å². The Morgan fingerprint density at radius 3 is 2.70 bits per heavy atom. The van der Waals surface area contributed by atoms with Crippen molar-refractivity contribution in [3.63, 3.8) is 0 Å². The Morgan fingerprint density at radius 2 is 2.30 bits per heavy atom. The van der Waals surface area contributed by atoms with Crippen molar-refractivity contribution >= 4 is 16.5 Å². The highest BCUT2D eigenvalue weighted by molar-refractivity contribution is 7.13. The maximum absolute atomic E-state index is 8.73. The lowest BCUT2D eigenvalue weighted by Gasteiger charge is -2.20. The van der Waals surface area contributed by atoms with Gasteiger partial charge in [0.2, 0.25) is 0 Å². The summed E-state index contributed by atoms with van der Waals surface area (Å²) < 4.78 is 2.05. The van der Waals surface area contributed by atoms with Crippen molar-refractivity contribution in [1.82, 2.24) is 4.67 Å². The summed E-state index contributed by atoms with van der Waals surface area (Å²) in [5, 5.41) is 17.5. The van der Waals surface area contributed by atoms with Gasteiger partial charge in [0.05, 0.1) is 0 Å². The minimum absolute atomic E-state index is 0.735. The molecule has 1 rings (SSSR count). The molecule has 3 nitrogen and oxygen atoms in total. The van der Waals surface area contributed by atoms with Gasteiger partial charge in [-0.15, -0.1) is 0 Å². The smallest absolute Gasteiger partial charge is 0.423 e. The molecule has 0 saturated heterocycles. The van der Waals surface area contributed by atoms with Crippen molar-refractivity contribution in [2.45, 2.75) is 6.42 Å². The second-order valence-electron chi connectivity index (χ2n) is 2.40. The molecule has 10 heavy (non-hydrogen) atoms. The third-order valence-corrected chi connectivity index (χ3v) is 2.08. The lowest BCUT2D eigenvalue weighted by Crippen LogP contribution is -2.26. The van der Waals surface area contributed by atoms with E-state index in [1.165, 1.54) is 0 Å². The standard InChI is InChI=1S/C5H11BNO2P/c8-6(9)5-1-3-7(10)4-2-5/h1,8-9H,2-4,10H2. The molecule has 1 aliphatic heterocycles. The quantitative estimate of drug-likeness (QED) is 0.397. The average Bonchev–Trinajstić information content (AvgIpc) is 1.88. The zero-order chi connectivity index (χ0) is 7.56. The molecule has 0 aliphatic carbocycles. The highest BCUT2D eigenvalue weighted by atomic mass is 31.0. The van der Waals surface area contributed by atoms with E-state index in [0.717, 1.165) is 25.0 Å². The summed E-state index contributed by atoms with van der Waals surface area (Å²) in [7, 11) is 1.33. The van der Waals surface area contributed by atoms with Crippen molar-refractivity contribution in [2.75, 3.05) is 13.1 Å². The fourth-order valence-corrected chi connectivity index (χ4v) is 1.17. The van der Waals surface area contributed by atoms with Crippen LogP contribution in [0, 0.1) is 0 Å². The van der Waals surface area contributed by atoms with E-state index in [4.69, 9.17) is 10.0 Å². The molecule has 5 heteroatoms. The summed E-state index contributed by atoms with van der Waals surface area (Å²) in [4.78, 5) is 0. The highest BCUT2D eigenvalue weighted by Crippen LogP contribution is 2.13. The van der Waals surface area contributed by atoms with Crippen molar-refractivity contribution in [2.24, 2.45) is 0 Å². The number of nitrogens with zero attached hydrogens (tertiary/aromatic N) is 1. The van der Waals surface area contributed by atoms with Crippen LogP contribution in [0.3, 0.4) is 0 Å². The molecule has 0 spiro atoms. The molecule has 1 aliphatic rings. The Bertz CT molecular complexity index is 151. The first-order valence-corrected chi connectivity index (χ1v) is 3.76. The minimum Gasteiger partial charge on any atom is -0.423 e. The SMILES string of the molecule is OB(O)C1=CCN(P)CC1. The molecule has 0 aromatic heterocycles. The van der Waals surface area contributed by atoms with Gasteiger partial charge in [-0.3, -0.25) is 4.67 Å². The number of hydrogen-bond donors (Lipinski definition) is 2. The maximum Gasteiger partial charge on any atom is 0.483 e. The molecule has 0 aromatic carbocycles. The Balaban J connectivity index is 2.48. The van der Waals surface area contributed by atoms with Gasteiger partial charge >= 0.3 is 7.12 Å². The van der Waals surface area contributed by atoms with Gasteiger partial charge in [-0.1, -0.05) is 15.5 Å². The molecule has 0 bridgehead atoms. The molecule has 2 N–H and O–H groups in total. The van der Waals surface area contributed by atoms with E-state index in [1.54, 1.807) is 0 Å². The molecule has 0 saturated carbocycles. The molecular weight excluding hydrogens is 148 g/mol. The summed E-state index contributed by atoms with van der Waals surface area (Å²) in [6, 6.07) is 0. The lowest BCUT2D eigenvalue weighted by atomic mass is 9.76. The van der Waals surface area contributed by atoms with Crippen LogP contribution in [-0.2, 0) is 0 Å². The van der Waals surface area contributed by atoms with Crippen LogP contribution >= 0.6 is 9.39 Å². The third kappa shape index (κ3) is 2.06. The van der Waals surface area contributed by atoms with E-state index in [1.807, 2.05) is 10.7 Å². The van der Waals surface area contributed by atoms with Crippen LogP contribution in [0.2, 0.25) is 0 Å². The van der Waals surface area contributed by atoms with E-state index in [2.05, 4.69) is 9.39 Å². The molecule has 56 valence electrons. The van der Waals surface area contributed by atoms with Crippen LogP contribution in [0.4, 0.5) is 0 Å². The van der Waals surface area contributed by atoms with Gasteiger partial charge in [-0.25, -0.2) is 0 Å². The predicted octanol–water partition coefficient (Wildman–Crippen LogP) is -0.579. The first kappa shape index (κ1) is 8.21. The van der Waals surface area contributed by atoms with Crippen molar-refractivity contribution < 1.29 is 10.0 Å². The third-order valence-electron chi connectivity index (χ3n) is 1.61. The number of hydrogen-bond acceptors (Lipinski definition) is 3. The van der Waals surface area contributed by atoms with Gasteiger partial charge in [0.25, 0.3) is 0 Å². The van der Waals surface area contributed by atoms with Gasteiger partial charge in [-0.2, -0.15) is 0 Å². The molecule has 0 fully saturated rings. The van der Waals surface area contributed by atoms with Gasteiger partial charge in [-0.05, 0) is 11.9 Å². The van der Waals surface area contributed by atoms with Crippen LogP contribution in [0.15, 0.2) is 11.5 Å². The molecule has 1 atom stereocenters. The topological polar surface area (TPSA) is 43.7 Å². The Morgan fingerprint density at radius 1 is 1.60 bits per heavy atom. The van der Waals surface area contributed by atoms with Gasteiger partial charge < -0.3 is 10.0 Å². The van der Waals surface area contributed by atoms with Crippen LogP contribution in [-0.4, -0.2) is 34.9 Å². The largest absolute Gasteiger partial charge is 0.483 e. The second kappa shape index (κ2) is 3.49. The first-order chi connectivity index (χ1) is 4.70. The summed E-state index contributed by atoms with van der Waals surface area (Å²) in [5.41, 5.74) is 0.735. The lowest BCUT2D eigenvalue weighted by molar-refractivity contribution is 0.407. The van der Waals surface area contributed by atoms with Gasteiger partial charge in [0, 0.05) is 13.1 Å². The first-order valence-electron chi connectivity index (χ1n) is 3.25. The summed E-state index contributed by atoms with van der Waals surface area (Å²) >= 11 is 0. The zero-order valence-electron chi connectivity index (χ0n) is 5.70. The Kier molecular flexibility index (Phi) is 2.87. The summed E-state index contributed by atoms with van der Waals surface area (Å²) in [5.74, 6) is 0. The van der Waals surface area contributed by atoms with Crippen LogP contribution in [0.5, 0.6) is 0 Å². The molecule has 0 aromatic rings. The van der Waals surface area contributed by atoms with Crippen LogP contribution in [0.1, 0.15) is 6.42 Å². The molecule has 0 amide bonds. The maximum atomic E-state index is 8.73. The fourth-order valence-electron chi connectivity index (χ4n) is 0.935. The van der Waals surface area contributed by atoms with E-state index >= 15 is 0 Å². The number of rotatable bonds is 1. The van der Waals surface area contributed by atoms with Crippen molar-refractivity contribution in [3.8, 4) is 0 Å². The summed E-state index contributed by atoms with van der Waals surface area (Å²) in [6.07, 6.45) is 2.60. The fraction of sp³-hybridized carbons (Fsp3) is 0.600. The average molecular weight is 159 g/mol. The Labute approximate surface area is 63.1 Å². The Hall–Kier alpha value is 0.115. The van der Waals surface area contributed by atoms with Crippen LogP contribution in [0.25, 0.3) is 0 Å². The summed E-state index contributed by atoms with van der Waals surface area (Å²) in [6.45, 7) is 1.67. The minimum atomic E-state index is -1.25. The van der Waals surface area contributed by atoms with Gasteiger partial charge in [0.1, 0.15) is 0 Å². The molecule has 1 unspecified atom stereocenters. The van der Waals surface area contributed by atoms with Crippen molar-refractivity contribution in [3.05, 3.63) is 11.5 Å². The van der Waals surface area contributed by atoms with E-state index in [-0.39, 0.29) is 0 Å². The zero-order valence-corrected chi connectivity index (χ0v) is 6.85. The predicted molar refractivity (Wildman–Crippen MR) is 44.2 cm³/mol. The molecule has 0 radical (unpaired) electrons. The van der Waals surface area contributed by atoms with E-state index in [9.17, 15) is 0 Å². The van der Waals surface area contributed by atoms with Crippen LogP contribution < -0.4 is 0 Å². The normalized spacial score (nSPS) is 20.5. The van der Waals surface area contributed by atoms with Crippen molar-refractivity contribution in [1.29, 1.82) is 0 Å². The monoisotopic (exact) mass is 159 g/mol. The second-order valence-corrected chi connectivity index (χ2v) is 3.13. The van der Waals surface area contributed by atoms with E-state index in [0.29, 0.717) is 0 Å². The molecule has 1 heterocycles. The molecular formula is C5H11BNO2P. The van der Waals surface area contributed by atoms with Gasteiger partial charge in [0.15, 0.2) is 0 Å².